The minimum Gasteiger partial charge on any atom is -0.489 e. The van der Waals surface area contributed by atoms with Crippen LogP contribution in [0, 0.1) is 30.9 Å². The Morgan fingerprint density at radius 3 is 1.50 bits per heavy atom. The van der Waals surface area contributed by atoms with Crippen molar-refractivity contribution < 1.29 is 49.0 Å². The van der Waals surface area contributed by atoms with E-state index < -0.39 is 37.1 Å². The third-order valence-electron chi connectivity index (χ3n) is 8.39. The number of benzene rings is 3. The lowest BCUT2D eigenvalue weighted by atomic mass is 10.2. The van der Waals surface area contributed by atoms with Gasteiger partial charge in [-0.3, -0.25) is 0 Å². The molecule has 3 aromatic carbocycles. The molecule has 68 heavy (non-hydrogen) atoms. The molecule has 6 rings (SSSR count). The number of nitrogens with one attached hydrogen (secondary N) is 3. The highest BCUT2D eigenvalue weighted by molar-refractivity contribution is 7.91. The smallest absolute Gasteiger partial charge is 0.262 e. The van der Waals surface area contributed by atoms with Gasteiger partial charge in [-0.05, 0) is 97.0 Å². The van der Waals surface area contributed by atoms with Crippen LogP contribution in [-0.2, 0) is 19.7 Å². The lowest BCUT2D eigenvalue weighted by molar-refractivity contribution is 0.219. The summed E-state index contributed by atoms with van der Waals surface area (Å²) in [5, 5.41) is 8.65. The van der Waals surface area contributed by atoms with Gasteiger partial charge in [-0.2, -0.15) is 14.4 Å². The van der Waals surface area contributed by atoms with E-state index in [-0.39, 0.29) is 68.6 Å². The van der Waals surface area contributed by atoms with Crippen LogP contribution in [0.5, 0.6) is 23.4 Å². The fourth-order valence-electron chi connectivity index (χ4n) is 5.30. The molecule has 6 aromatic rings. The van der Waals surface area contributed by atoms with Crippen LogP contribution in [0.15, 0.2) is 83.4 Å². The number of hydrogen-bond donors (Lipinski definition) is 3. The Kier molecular flexibility index (Phi) is 18.6. The predicted molar refractivity (Wildman–Crippen MR) is 251 cm³/mol. The van der Waals surface area contributed by atoms with Crippen molar-refractivity contribution >= 4 is 71.5 Å². The molecule has 0 atom stereocenters. The summed E-state index contributed by atoms with van der Waals surface area (Å²) in [5.41, 5.74) is 1.65. The van der Waals surface area contributed by atoms with E-state index in [1.54, 1.807) is 32.9 Å². The Morgan fingerprint density at radius 1 is 0.603 bits per heavy atom. The highest BCUT2D eigenvalue weighted by atomic mass is 35.5. The third-order valence-corrected chi connectivity index (χ3v) is 10.9. The van der Waals surface area contributed by atoms with Crippen LogP contribution in [0.25, 0.3) is 4.85 Å². The molecule has 0 aliphatic carbocycles. The summed E-state index contributed by atoms with van der Waals surface area (Å²) < 4.78 is 110. The minimum absolute atomic E-state index is 0.0434. The first-order chi connectivity index (χ1) is 31.9. The molecule has 24 heteroatoms. The van der Waals surface area contributed by atoms with Gasteiger partial charge >= 0.3 is 0 Å². The summed E-state index contributed by atoms with van der Waals surface area (Å²) in [7, 11) is -5.53. The quantitative estimate of drug-likeness (QED) is 0.0814. The van der Waals surface area contributed by atoms with E-state index in [1.165, 1.54) is 56.4 Å². The van der Waals surface area contributed by atoms with Gasteiger partial charge < -0.3 is 34.9 Å². The number of hydrogen-bond acceptors (Lipinski definition) is 17. The summed E-state index contributed by atoms with van der Waals surface area (Å²) in [5.74, 6) is -0.842. The van der Waals surface area contributed by atoms with Crippen molar-refractivity contribution in [3.05, 3.63) is 113 Å². The number of aromatic nitrogens is 6. The van der Waals surface area contributed by atoms with Crippen LogP contribution < -0.4 is 34.9 Å². The van der Waals surface area contributed by atoms with E-state index in [9.17, 15) is 30.0 Å². The second-order valence-corrected chi connectivity index (χ2v) is 19.5. The van der Waals surface area contributed by atoms with Gasteiger partial charge in [-0.25, -0.2) is 50.4 Å². The maximum Gasteiger partial charge on any atom is 0.262 e. The Labute approximate surface area is 397 Å². The van der Waals surface area contributed by atoms with Crippen LogP contribution in [-0.4, -0.2) is 84.7 Å². The molecule has 0 spiro atoms. The number of sulfone groups is 2. The van der Waals surface area contributed by atoms with Crippen molar-refractivity contribution in [3.8, 4) is 23.4 Å². The van der Waals surface area contributed by atoms with Gasteiger partial charge in [-0.15, -0.1) is 0 Å². The number of rotatable bonds is 15. The van der Waals surface area contributed by atoms with Crippen molar-refractivity contribution in [2.24, 2.45) is 0 Å². The van der Waals surface area contributed by atoms with E-state index in [4.69, 9.17) is 37.1 Å². The molecule has 0 fully saturated rings. The largest absolute Gasteiger partial charge is 0.489 e. The number of methoxy groups -OCH3 is 1. The summed E-state index contributed by atoms with van der Waals surface area (Å²) >= 11 is 6.03. The van der Waals surface area contributed by atoms with Gasteiger partial charge in [0, 0.05) is 12.5 Å². The van der Waals surface area contributed by atoms with Crippen LogP contribution in [0.4, 0.5) is 53.4 Å². The number of nitrogens with zero attached hydrogens (tertiary/aromatic N) is 7. The van der Waals surface area contributed by atoms with Gasteiger partial charge in [0.25, 0.3) is 11.8 Å². The molecule has 3 N–H and O–H groups in total. The summed E-state index contributed by atoms with van der Waals surface area (Å²) in [6.07, 6.45) is 5.42. The molecule has 362 valence electrons. The molecule has 0 amide bonds. The maximum absolute atomic E-state index is 14.2. The van der Waals surface area contributed by atoms with Crippen molar-refractivity contribution in [1.29, 1.82) is 0 Å². The fourth-order valence-corrected chi connectivity index (χ4v) is 6.79. The number of anilines is 6. The zero-order valence-electron chi connectivity index (χ0n) is 38.4. The van der Waals surface area contributed by atoms with E-state index in [1.807, 2.05) is 27.7 Å². The van der Waals surface area contributed by atoms with Crippen molar-refractivity contribution in [2.45, 2.75) is 76.6 Å². The molecule has 3 aromatic heterocycles. The van der Waals surface area contributed by atoms with Gasteiger partial charge in [0.2, 0.25) is 17.4 Å². The van der Waals surface area contributed by atoms with E-state index in [0.29, 0.717) is 33.7 Å². The molecule has 0 saturated carbocycles. The average molecular weight is 1000 g/mol. The zero-order valence-corrected chi connectivity index (χ0v) is 40.8. The van der Waals surface area contributed by atoms with Gasteiger partial charge in [0.05, 0.1) is 69.4 Å². The molecular weight excluding hydrogens is 953 g/mol. The second kappa shape index (κ2) is 23.6. The molecule has 0 unspecified atom stereocenters. The second-order valence-electron chi connectivity index (χ2n) is 15.0. The van der Waals surface area contributed by atoms with E-state index in [2.05, 4.69) is 50.7 Å². The topological polar surface area (TPSA) is 223 Å². The molecule has 0 bridgehead atoms. The molecule has 0 aliphatic rings. The highest BCUT2D eigenvalue weighted by Gasteiger charge is 2.19. The Morgan fingerprint density at radius 2 is 1.03 bits per heavy atom. The van der Waals surface area contributed by atoms with Crippen LogP contribution in [0.3, 0.4) is 0 Å². The summed E-state index contributed by atoms with van der Waals surface area (Å²) in [6.45, 7) is 19.6. The van der Waals surface area contributed by atoms with Crippen LogP contribution in [0.1, 0.15) is 47.1 Å². The van der Waals surface area contributed by atoms with Crippen molar-refractivity contribution in [2.75, 3.05) is 35.6 Å². The number of halogens is 4. The Hall–Kier alpha value is -7.03. The monoisotopic (exact) mass is 1000 g/mol. The molecule has 3 heterocycles. The van der Waals surface area contributed by atoms with Crippen LogP contribution >= 0.6 is 11.6 Å². The Bertz CT molecular complexity index is 3000. The average Bonchev–Trinajstić information content (AvgIpc) is 3.25. The standard InChI is InChI=1S/C15H18FN3O4S.C15H18FN3O3S.C14H12ClFN4O/c1-9(2)23-15-13(22-3)14(17-8-18-15)19-12-6-5-10(7-11(12)16)24(4,20)21;1-9(2)22-15-10(3)14(17-8-18-15)19-13-6-5-11(7-12(13)16)23(4,20)21;1-8(2)21-14-12(16)13(18-7-19-14)20-11-5-4-9(17-3)6-10(11)15/h5-9H,1-4H3,(H,17,18,19);5-9H,1-4H3,(H,17,18,19);4-8H,1-2H3,(H,18,19,20). The fraction of sp³-hybridized carbons (Fsp3) is 0.295. The minimum atomic E-state index is -3.49. The number of ether oxygens (including phenoxy) is 4. The summed E-state index contributed by atoms with van der Waals surface area (Å²) in [4.78, 5) is 26.8. The van der Waals surface area contributed by atoms with Crippen molar-refractivity contribution in [3.63, 3.8) is 0 Å². The zero-order chi connectivity index (χ0) is 50.5. The SMILES string of the molecule is COc1c(Nc2ccc(S(C)(=O)=O)cc2F)ncnc1OC(C)C.Cc1c(Nc2ccc(S(C)(=O)=O)cc2F)ncnc1OC(C)C.[C-]#[N+]c1ccc(Nc2ncnc(OC(C)C)c2F)c(Cl)c1. The first-order valence-corrected chi connectivity index (χ1v) is 24.3. The van der Waals surface area contributed by atoms with Crippen LogP contribution in [0.2, 0.25) is 5.02 Å². The first kappa shape index (κ1) is 53.6. The van der Waals surface area contributed by atoms with Gasteiger partial charge in [0.15, 0.2) is 37.0 Å². The summed E-state index contributed by atoms with van der Waals surface area (Å²) in [6, 6.07) is 11.9. The third kappa shape index (κ3) is 15.3. The maximum atomic E-state index is 14.2. The molecule has 0 saturated heterocycles. The molecule has 0 aliphatic heterocycles. The van der Waals surface area contributed by atoms with Gasteiger partial charge in [0.1, 0.15) is 36.4 Å². The molecular formula is C44H48ClF3N10O8S2. The predicted octanol–water partition coefficient (Wildman–Crippen LogP) is 9.77. The van der Waals surface area contributed by atoms with E-state index >= 15 is 0 Å². The van der Waals surface area contributed by atoms with Crippen molar-refractivity contribution in [1.82, 2.24) is 29.9 Å². The normalized spacial score (nSPS) is 11.1. The van der Waals surface area contributed by atoms with Gasteiger partial charge in [-0.1, -0.05) is 17.7 Å². The highest BCUT2D eigenvalue weighted by Crippen LogP contribution is 2.35. The lowest BCUT2D eigenvalue weighted by Gasteiger charge is -2.15. The first-order valence-electron chi connectivity index (χ1n) is 20.1. The lowest BCUT2D eigenvalue weighted by Crippen LogP contribution is -2.10. The Balaban J connectivity index is 0.000000223. The molecule has 0 radical (unpaired) electrons. The van der Waals surface area contributed by atoms with E-state index in [0.717, 1.165) is 24.6 Å². The molecule has 18 nitrogen and oxygen atoms in total.